The van der Waals surface area contributed by atoms with Gasteiger partial charge < -0.3 is 39.5 Å². The second-order valence-corrected chi connectivity index (χ2v) is 14.2. The molecule has 7 rings (SSSR count). The molecule has 2 aromatic heterocycles. The number of methoxy groups -OCH3 is 1. The summed E-state index contributed by atoms with van der Waals surface area (Å²) in [4.78, 5) is 58.8. The first-order valence-corrected chi connectivity index (χ1v) is 18.7. The Morgan fingerprint density at radius 3 is 2.18 bits per heavy atom. The molecule has 3 N–H and O–H groups in total. The van der Waals surface area contributed by atoms with Crippen molar-refractivity contribution in [2.75, 3.05) is 36.2 Å². The summed E-state index contributed by atoms with van der Waals surface area (Å²) in [6.45, 7) is 2.94. The highest BCUT2D eigenvalue weighted by molar-refractivity contribution is 6.06. The van der Waals surface area contributed by atoms with E-state index in [0.717, 1.165) is 41.6 Å². The van der Waals surface area contributed by atoms with Crippen molar-refractivity contribution < 1.29 is 28.7 Å². The topological polar surface area (TPSA) is 148 Å². The van der Waals surface area contributed by atoms with Crippen LogP contribution < -0.4 is 25.4 Å². The molecule has 0 spiro atoms. The first kappa shape index (κ1) is 37.7. The lowest BCUT2D eigenvalue weighted by Gasteiger charge is -2.32. The van der Waals surface area contributed by atoms with Gasteiger partial charge in [0.1, 0.15) is 11.4 Å². The first-order chi connectivity index (χ1) is 27.1. The van der Waals surface area contributed by atoms with E-state index in [2.05, 4.69) is 20.9 Å². The summed E-state index contributed by atoms with van der Waals surface area (Å²) in [7, 11) is 5.09. The number of nitrogens with zero attached hydrogens (tertiary/aromatic N) is 4. The van der Waals surface area contributed by atoms with Crippen LogP contribution in [0.2, 0.25) is 0 Å². The van der Waals surface area contributed by atoms with E-state index in [0.29, 0.717) is 58.5 Å². The molecular formula is C43H45N7O6. The van der Waals surface area contributed by atoms with Gasteiger partial charge in [-0.3, -0.25) is 24.2 Å². The second kappa shape index (κ2) is 16.4. The van der Waals surface area contributed by atoms with Crippen molar-refractivity contribution in [3.8, 4) is 22.6 Å². The minimum Gasteiger partial charge on any atom is -0.493 e. The highest BCUT2D eigenvalue weighted by atomic mass is 16.5. The number of aliphatic imine (C=N–C) groups is 1. The number of carbonyl (C=O) groups is 4. The van der Waals surface area contributed by atoms with Crippen LogP contribution >= 0.6 is 0 Å². The van der Waals surface area contributed by atoms with E-state index in [9.17, 15) is 19.2 Å². The van der Waals surface area contributed by atoms with Crippen LogP contribution in [-0.2, 0) is 18.9 Å². The lowest BCUT2D eigenvalue weighted by molar-refractivity contribution is -0.116. The zero-order valence-corrected chi connectivity index (χ0v) is 31.9. The van der Waals surface area contributed by atoms with Crippen LogP contribution in [0.4, 0.5) is 22.7 Å². The number of carbonyl (C=O) groups excluding carboxylic acids is 4. The van der Waals surface area contributed by atoms with E-state index in [1.54, 1.807) is 52.7 Å². The number of hydrogen-bond donors (Lipinski definition) is 3. The fraction of sp³-hybridized carbons (Fsp3) is 0.279. The molecule has 0 bridgehead atoms. The van der Waals surface area contributed by atoms with Crippen LogP contribution in [0.15, 0.2) is 90.2 Å². The number of rotatable bonds is 12. The predicted octanol–water partition coefficient (Wildman–Crippen LogP) is 7.36. The highest BCUT2D eigenvalue weighted by Crippen LogP contribution is 2.38. The highest BCUT2D eigenvalue weighted by Gasteiger charge is 2.31. The number of anilines is 3. The van der Waals surface area contributed by atoms with Crippen LogP contribution in [-0.4, -0.2) is 70.2 Å². The molecule has 3 aromatic carbocycles. The largest absolute Gasteiger partial charge is 0.493 e. The average Bonchev–Trinajstić information content (AvgIpc) is 3.74. The molecule has 56 heavy (non-hydrogen) atoms. The molecule has 0 saturated carbocycles. The third-order valence-electron chi connectivity index (χ3n) is 10.1. The average molecular weight is 756 g/mol. The van der Waals surface area contributed by atoms with Gasteiger partial charge in [-0.05, 0) is 80.6 Å². The molecule has 0 radical (unpaired) electrons. The van der Waals surface area contributed by atoms with Crippen molar-refractivity contribution in [2.45, 2.75) is 45.1 Å². The Hall–Kier alpha value is -6.63. The Bertz CT molecular complexity index is 2310. The zero-order valence-electron chi connectivity index (χ0n) is 31.9. The molecule has 0 unspecified atom stereocenters. The molecule has 1 atom stereocenters. The smallest absolute Gasteiger partial charge is 0.272 e. The number of ether oxygens (including phenoxy) is 2. The van der Waals surface area contributed by atoms with Crippen molar-refractivity contribution in [2.24, 2.45) is 19.1 Å². The number of nitrogens with one attached hydrogen (secondary N) is 3. The van der Waals surface area contributed by atoms with Crippen LogP contribution in [0.3, 0.4) is 0 Å². The van der Waals surface area contributed by atoms with Gasteiger partial charge in [-0.2, -0.15) is 0 Å². The molecule has 0 aliphatic carbocycles. The Morgan fingerprint density at radius 1 is 0.786 bits per heavy atom. The van der Waals surface area contributed by atoms with E-state index in [4.69, 9.17) is 9.47 Å². The summed E-state index contributed by atoms with van der Waals surface area (Å²) < 4.78 is 15.0. The quantitative estimate of drug-likeness (QED) is 0.113. The van der Waals surface area contributed by atoms with Gasteiger partial charge >= 0.3 is 0 Å². The molecule has 1 saturated heterocycles. The number of aryl methyl sites for hydroxylation is 3. The normalized spacial score (nSPS) is 14.7. The number of fused-ring (bicyclic) bond motifs is 2. The van der Waals surface area contributed by atoms with Gasteiger partial charge in [0.15, 0.2) is 11.5 Å². The minimum atomic E-state index is -0.333. The molecule has 288 valence electrons. The monoisotopic (exact) mass is 755 g/mol. The van der Waals surface area contributed by atoms with Crippen molar-refractivity contribution in [1.29, 1.82) is 0 Å². The maximum Gasteiger partial charge on any atom is 0.272 e. The predicted molar refractivity (Wildman–Crippen MR) is 217 cm³/mol. The molecule has 5 aromatic rings. The Labute approximate surface area is 325 Å². The second-order valence-electron chi connectivity index (χ2n) is 14.2. The summed E-state index contributed by atoms with van der Waals surface area (Å²) in [5.74, 6) is 0.0734. The number of piperidine rings is 1. The number of aromatic nitrogens is 2. The Balaban J connectivity index is 0.899. The lowest BCUT2D eigenvalue weighted by atomic mass is 10.0. The van der Waals surface area contributed by atoms with Gasteiger partial charge in [0.05, 0.1) is 36.7 Å². The number of benzene rings is 3. The number of amides is 4. The molecule has 13 heteroatoms. The SMILES string of the molecule is COc1cc2c(cc1OCCCC(=O)Nc1cc(C(=O)Nc3ccc(-c4cc(C(=O)Nc5ccc(C)cc5)n(C)c4)cc3)n(C)c1)N=C[C@@H]1CCCCN1C2=O. The maximum absolute atomic E-state index is 13.3. The summed E-state index contributed by atoms with van der Waals surface area (Å²) >= 11 is 0. The number of hydrogen-bond acceptors (Lipinski definition) is 7. The fourth-order valence-electron chi connectivity index (χ4n) is 7.00. The van der Waals surface area contributed by atoms with Gasteiger partial charge in [0.25, 0.3) is 17.7 Å². The van der Waals surface area contributed by atoms with E-state index < -0.39 is 0 Å². The molecule has 13 nitrogen and oxygen atoms in total. The maximum atomic E-state index is 13.3. The molecule has 2 aliphatic rings. The molecule has 2 aliphatic heterocycles. The summed E-state index contributed by atoms with van der Waals surface area (Å²) in [5, 5.41) is 8.72. The van der Waals surface area contributed by atoms with Crippen molar-refractivity contribution >= 4 is 52.6 Å². The van der Waals surface area contributed by atoms with Crippen LogP contribution in [0, 0.1) is 6.92 Å². The van der Waals surface area contributed by atoms with Gasteiger partial charge in [0.2, 0.25) is 5.91 Å². The van der Waals surface area contributed by atoms with Gasteiger partial charge in [-0.15, -0.1) is 0 Å². The van der Waals surface area contributed by atoms with E-state index in [1.807, 2.05) is 73.7 Å². The summed E-state index contributed by atoms with van der Waals surface area (Å²) in [6, 6.07) is 21.9. The Kier molecular flexibility index (Phi) is 11.0. The first-order valence-electron chi connectivity index (χ1n) is 18.7. The lowest BCUT2D eigenvalue weighted by Crippen LogP contribution is -2.43. The van der Waals surface area contributed by atoms with Gasteiger partial charge in [0, 0.05) is 68.7 Å². The van der Waals surface area contributed by atoms with E-state index in [-0.39, 0.29) is 42.7 Å². The van der Waals surface area contributed by atoms with Crippen LogP contribution in [0.1, 0.15) is 69.0 Å². The molecule has 4 amide bonds. The zero-order chi connectivity index (χ0) is 39.3. The van der Waals surface area contributed by atoms with Crippen molar-refractivity contribution in [3.05, 3.63) is 108 Å². The van der Waals surface area contributed by atoms with Gasteiger partial charge in [-0.25, -0.2) is 0 Å². The van der Waals surface area contributed by atoms with Crippen molar-refractivity contribution in [3.63, 3.8) is 0 Å². The van der Waals surface area contributed by atoms with Gasteiger partial charge in [-0.1, -0.05) is 29.8 Å². The third-order valence-corrected chi connectivity index (χ3v) is 10.1. The summed E-state index contributed by atoms with van der Waals surface area (Å²) in [5.41, 5.74) is 6.61. The van der Waals surface area contributed by atoms with E-state index in [1.165, 1.54) is 7.11 Å². The van der Waals surface area contributed by atoms with Crippen LogP contribution in [0.25, 0.3) is 11.1 Å². The molecule has 4 heterocycles. The third kappa shape index (κ3) is 8.36. The van der Waals surface area contributed by atoms with Crippen molar-refractivity contribution in [1.82, 2.24) is 14.0 Å². The molecular weight excluding hydrogens is 711 g/mol. The molecule has 1 fully saturated rings. The Morgan fingerprint density at radius 2 is 1.46 bits per heavy atom. The van der Waals surface area contributed by atoms with Crippen LogP contribution in [0.5, 0.6) is 11.5 Å². The summed E-state index contributed by atoms with van der Waals surface area (Å²) in [6.07, 6.45) is 8.97. The van der Waals surface area contributed by atoms with E-state index >= 15 is 0 Å². The minimum absolute atomic E-state index is 0.00546. The standard InChI is InChI=1S/C43H45N7O6/c1-27-10-14-30(15-11-27)46-41(52)36-20-29(25-48(36)2)28-12-16-31(17-13-28)47-42(53)37-21-32(26-49(37)3)45-40(51)9-7-19-56-39-23-35-34(22-38(39)55-4)43(54)50-18-6-5-8-33(50)24-44-35/h10-17,20-26,33H,5-9,18-19H2,1-4H3,(H,45,51)(H,46,52)(H,47,53)/t33-/m0/s1. The fourth-order valence-corrected chi connectivity index (χ4v) is 7.00.